The lowest BCUT2D eigenvalue weighted by Gasteiger charge is -2.20. The Morgan fingerprint density at radius 3 is 2.53 bits per heavy atom. The Bertz CT molecular complexity index is 482. The Kier molecular flexibility index (Phi) is 3.12. The van der Waals surface area contributed by atoms with E-state index in [9.17, 15) is 4.79 Å². The first-order chi connectivity index (χ1) is 9.11. The van der Waals surface area contributed by atoms with Gasteiger partial charge in [0.15, 0.2) is 0 Å². The second-order valence-corrected chi connectivity index (χ2v) is 5.87. The van der Waals surface area contributed by atoms with Crippen molar-refractivity contribution in [3.8, 4) is 0 Å². The molecule has 19 heavy (non-hydrogen) atoms. The number of amides is 1. The largest absolute Gasteiger partial charge is 0.273 e. The summed E-state index contributed by atoms with van der Waals surface area (Å²) in [5, 5.41) is 0. The number of nitrogens with zero attached hydrogens (tertiary/aromatic N) is 2. The van der Waals surface area contributed by atoms with Crippen molar-refractivity contribution in [3.63, 3.8) is 0 Å². The van der Waals surface area contributed by atoms with E-state index in [4.69, 9.17) is 0 Å². The van der Waals surface area contributed by atoms with Crippen LogP contribution in [0.2, 0.25) is 0 Å². The number of carbonyl (C=O) groups excluding carboxylic acids is 1. The monoisotopic (exact) mass is 260 g/mol. The molecule has 0 radical (unpaired) electrons. The van der Waals surface area contributed by atoms with Crippen LogP contribution >= 0.6 is 0 Å². The van der Waals surface area contributed by atoms with Gasteiger partial charge >= 0.3 is 0 Å². The Morgan fingerprint density at radius 1 is 1.21 bits per heavy atom. The highest BCUT2D eigenvalue weighted by atomic mass is 16.2. The van der Waals surface area contributed by atoms with Crippen LogP contribution in [0.4, 0.5) is 5.95 Å². The van der Waals surface area contributed by atoms with Crippen molar-refractivity contribution >= 4 is 11.9 Å². The van der Waals surface area contributed by atoms with Crippen molar-refractivity contribution in [1.29, 1.82) is 0 Å². The minimum atomic E-state index is 0.0926. The van der Waals surface area contributed by atoms with E-state index in [1.807, 2.05) is 19.9 Å². The summed E-state index contributed by atoms with van der Waals surface area (Å²) in [6.45, 7) is 3.83. The van der Waals surface area contributed by atoms with Gasteiger partial charge in [0.05, 0.1) is 0 Å². The molecule has 3 rings (SSSR count). The third kappa shape index (κ3) is 2.55. The highest BCUT2D eigenvalue weighted by Crippen LogP contribution is 2.48. The molecule has 2 fully saturated rings. The molecule has 0 aromatic carbocycles. The Hall–Kier alpha value is -1.65. The first-order valence-corrected chi connectivity index (χ1v) is 7.00. The number of anilines is 1. The summed E-state index contributed by atoms with van der Waals surface area (Å²) in [7, 11) is 0. The molecular formula is C14H20N4O. The number of aromatic nitrogens is 2. The normalized spacial score (nSPS) is 28.4. The van der Waals surface area contributed by atoms with E-state index in [1.54, 1.807) is 0 Å². The molecule has 1 aromatic heterocycles. The Labute approximate surface area is 113 Å². The highest BCUT2D eigenvalue weighted by molar-refractivity contribution is 5.80. The molecule has 102 valence electrons. The number of fused-ring (bicyclic) bond motifs is 2. The molecule has 5 nitrogen and oxygen atoms in total. The standard InChI is InChI=1S/C14H20N4O/c1-8-5-9(2)16-14(15-8)18-17-13(19)12-7-10-3-4-11(12)6-10/h5,10-12H,3-4,6-7H2,1-2H3,(H,17,19)(H,15,16,18)/t10-,11-,12-/m0/s1. The summed E-state index contributed by atoms with van der Waals surface area (Å²) in [5.74, 6) is 2.10. The minimum absolute atomic E-state index is 0.0926. The van der Waals surface area contributed by atoms with Gasteiger partial charge in [0.1, 0.15) is 0 Å². The molecular weight excluding hydrogens is 240 g/mol. The number of hydrogen-bond donors (Lipinski definition) is 2. The topological polar surface area (TPSA) is 66.9 Å². The molecule has 2 aliphatic rings. The van der Waals surface area contributed by atoms with Crippen LogP contribution in [0.3, 0.4) is 0 Å². The Balaban J connectivity index is 1.58. The van der Waals surface area contributed by atoms with Crippen LogP contribution in [0.1, 0.15) is 37.1 Å². The van der Waals surface area contributed by atoms with Gasteiger partial charge in [0.2, 0.25) is 11.9 Å². The van der Waals surface area contributed by atoms with Crippen LogP contribution in [-0.4, -0.2) is 15.9 Å². The lowest BCUT2D eigenvalue weighted by Crippen LogP contribution is -2.37. The maximum atomic E-state index is 12.1. The van der Waals surface area contributed by atoms with Gasteiger partial charge in [-0.05, 0) is 51.0 Å². The summed E-state index contributed by atoms with van der Waals surface area (Å²) in [6, 6.07) is 1.91. The molecule has 2 N–H and O–H groups in total. The molecule has 0 saturated heterocycles. The lowest BCUT2D eigenvalue weighted by molar-refractivity contribution is -0.126. The van der Waals surface area contributed by atoms with Gasteiger partial charge in [-0.2, -0.15) is 0 Å². The van der Waals surface area contributed by atoms with Gasteiger partial charge in [0.25, 0.3) is 0 Å². The van der Waals surface area contributed by atoms with E-state index in [0.29, 0.717) is 11.9 Å². The van der Waals surface area contributed by atoms with Crippen LogP contribution in [0, 0.1) is 31.6 Å². The lowest BCUT2D eigenvalue weighted by atomic mass is 9.88. The van der Waals surface area contributed by atoms with Crippen LogP contribution in [-0.2, 0) is 4.79 Å². The zero-order valence-electron chi connectivity index (χ0n) is 11.4. The molecule has 2 bridgehead atoms. The van der Waals surface area contributed by atoms with Crippen molar-refractivity contribution in [3.05, 3.63) is 17.5 Å². The first kappa shape index (κ1) is 12.4. The van der Waals surface area contributed by atoms with E-state index in [1.165, 1.54) is 19.3 Å². The molecule has 0 unspecified atom stereocenters. The van der Waals surface area contributed by atoms with Crippen molar-refractivity contribution in [1.82, 2.24) is 15.4 Å². The van der Waals surface area contributed by atoms with Crippen LogP contribution in [0.15, 0.2) is 6.07 Å². The van der Waals surface area contributed by atoms with Gasteiger partial charge < -0.3 is 0 Å². The van der Waals surface area contributed by atoms with Crippen molar-refractivity contribution in [2.75, 3.05) is 5.43 Å². The third-order valence-electron chi connectivity index (χ3n) is 4.35. The quantitative estimate of drug-likeness (QED) is 0.815. The summed E-state index contributed by atoms with van der Waals surface area (Å²) < 4.78 is 0. The predicted molar refractivity (Wildman–Crippen MR) is 72.2 cm³/mol. The molecule has 1 amide bonds. The molecule has 1 aromatic rings. The number of nitrogens with one attached hydrogen (secondary N) is 2. The van der Waals surface area contributed by atoms with Crippen molar-refractivity contribution < 1.29 is 4.79 Å². The molecule has 2 saturated carbocycles. The number of aryl methyl sites for hydroxylation is 2. The van der Waals surface area contributed by atoms with Crippen LogP contribution in [0.5, 0.6) is 0 Å². The average Bonchev–Trinajstić information content (AvgIpc) is 2.97. The molecule has 1 heterocycles. The molecule has 2 aliphatic carbocycles. The second-order valence-electron chi connectivity index (χ2n) is 5.87. The summed E-state index contributed by atoms with van der Waals surface area (Å²) in [4.78, 5) is 20.6. The third-order valence-corrected chi connectivity index (χ3v) is 4.35. The van der Waals surface area contributed by atoms with Crippen LogP contribution < -0.4 is 10.9 Å². The number of hydrazine groups is 1. The number of hydrogen-bond acceptors (Lipinski definition) is 4. The van der Waals surface area contributed by atoms with E-state index >= 15 is 0 Å². The average molecular weight is 260 g/mol. The van der Waals surface area contributed by atoms with E-state index in [-0.39, 0.29) is 11.8 Å². The maximum absolute atomic E-state index is 12.1. The molecule has 5 heteroatoms. The summed E-state index contributed by atoms with van der Waals surface area (Å²) in [6.07, 6.45) is 4.80. The van der Waals surface area contributed by atoms with E-state index < -0.39 is 0 Å². The molecule has 0 aliphatic heterocycles. The zero-order valence-corrected chi connectivity index (χ0v) is 11.4. The van der Waals surface area contributed by atoms with Crippen LogP contribution in [0.25, 0.3) is 0 Å². The van der Waals surface area contributed by atoms with Gasteiger partial charge in [-0.3, -0.25) is 15.6 Å². The summed E-state index contributed by atoms with van der Waals surface area (Å²) in [5.41, 5.74) is 7.39. The zero-order chi connectivity index (χ0) is 13.4. The van der Waals surface area contributed by atoms with E-state index in [2.05, 4.69) is 20.8 Å². The first-order valence-electron chi connectivity index (χ1n) is 7.00. The molecule has 0 spiro atoms. The smallest absolute Gasteiger partial charge is 0.242 e. The highest BCUT2D eigenvalue weighted by Gasteiger charge is 2.43. The van der Waals surface area contributed by atoms with Crippen molar-refractivity contribution in [2.45, 2.75) is 39.5 Å². The molecule has 3 atom stereocenters. The van der Waals surface area contributed by atoms with Crippen molar-refractivity contribution in [2.24, 2.45) is 17.8 Å². The van der Waals surface area contributed by atoms with Gasteiger partial charge in [-0.15, -0.1) is 0 Å². The van der Waals surface area contributed by atoms with Gasteiger partial charge in [-0.1, -0.05) is 6.42 Å². The fourth-order valence-corrected chi connectivity index (χ4v) is 3.56. The minimum Gasteiger partial charge on any atom is -0.273 e. The van der Waals surface area contributed by atoms with Gasteiger partial charge in [0, 0.05) is 17.3 Å². The fourth-order valence-electron chi connectivity index (χ4n) is 3.56. The number of rotatable bonds is 3. The Morgan fingerprint density at radius 2 is 1.95 bits per heavy atom. The SMILES string of the molecule is Cc1cc(C)nc(NNC(=O)[C@H]2C[C@H]3CC[C@H]2C3)n1. The number of carbonyl (C=O) groups is 1. The van der Waals surface area contributed by atoms with Gasteiger partial charge in [-0.25, -0.2) is 9.97 Å². The predicted octanol–water partition coefficient (Wildman–Crippen LogP) is 1.97. The second kappa shape index (κ2) is 4.79. The maximum Gasteiger partial charge on any atom is 0.242 e. The summed E-state index contributed by atoms with van der Waals surface area (Å²) >= 11 is 0. The van der Waals surface area contributed by atoms with E-state index in [0.717, 1.165) is 23.7 Å². The fraction of sp³-hybridized carbons (Fsp3) is 0.643.